The lowest BCUT2D eigenvalue weighted by Gasteiger charge is -2.38. The van der Waals surface area contributed by atoms with E-state index in [-0.39, 0.29) is 11.8 Å². The third-order valence-corrected chi connectivity index (χ3v) is 6.03. The number of rotatable bonds is 5. The number of furan rings is 1. The summed E-state index contributed by atoms with van der Waals surface area (Å²) in [6, 6.07) is 4.06. The van der Waals surface area contributed by atoms with Crippen molar-refractivity contribution in [2.24, 2.45) is 11.8 Å². The first-order valence-corrected chi connectivity index (χ1v) is 10.6. The molecule has 0 unspecified atom stereocenters. The van der Waals surface area contributed by atoms with Crippen molar-refractivity contribution in [3.63, 3.8) is 0 Å². The minimum atomic E-state index is 0.0862. The van der Waals surface area contributed by atoms with Crippen molar-refractivity contribution in [2.45, 2.75) is 67.2 Å². The third kappa shape index (κ3) is 3.67. The second-order valence-corrected chi connectivity index (χ2v) is 8.24. The maximum atomic E-state index is 13.4. The predicted octanol–water partition coefficient (Wildman–Crippen LogP) is 6.78. The van der Waals surface area contributed by atoms with Gasteiger partial charge in [0.25, 0.3) is 5.91 Å². The summed E-state index contributed by atoms with van der Waals surface area (Å²) < 4.78 is 5.99. The van der Waals surface area contributed by atoms with Gasteiger partial charge in [-0.05, 0) is 81.2 Å². The number of allylic oxidation sites excluding steroid dienone is 5. The Labute approximate surface area is 169 Å². The molecule has 0 radical (unpaired) electrons. The van der Waals surface area contributed by atoms with Gasteiger partial charge in [0.1, 0.15) is 11.5 Å². The topological polar surface area (TPSA) is 33.5 Å². The van der Waals surface area contributed by atoms with E-state index in [1.54, 1.807) is 0 Å². The minimum absolute atomic E-state index is 0.0862. The molecule has 1 aromatic rings. The highest BCUT2D eigenvalue weighted by Gasteiger charge is 2.35. The van der Waals surface area contributed by atoms with Gasteiger partial charge in [0.15, 0.2) is 0 Å². The van der Waals surface area contributed by atoms with Crippen molar-refractivity contribution in [1.29, 1.82) is 0 Å². The fourth-order valence-corrected chi connectivity index (χ4v) is 4.09. The molecule has 0 N–H and O–H groups in total. The van der Waals surface area contributed by atoms with Crippen molar-refractivity contribution in [3.8, 4) is 0 Å². The van der Waals surface area contributed by atoms with Crippen LogP contribution in [0.25, 0.3) is 5.57 Å². The van der Waals surface area contributed by atoms with Gasteiger partial charge in [-0.25, -0.2) is 0 Å². The molecule has 3 nitrogen and oxygen atoms in total. The number of amides is 1. The molecule has 28 heavy (non-hydrogen) atoms. The molecule has 1 amide bonds. The zero-order chi connectivity index (χ0) is 20.4. The van der Waals surface area contributed by atoms with Gasteiger partial charge >= 0.3 is 0 Å². The normalized spacial score (nSPS) is 20.1. The average molecular weight is 380 g/mol. The summed E-state index contributed by atoms with van der Waals surface area (Å²) in [4.78, 5) is 15.3. The van der Waals surface area contributed by atoms with E-state index < -0.39 is 0 Å². The Morgan fingerprint density at radius 1 is 1.32 bits per heavy atom. The predicted molar refractivity (Wildman–Crippen MR) is 115 cm³/mol. The summed E-state index contributed by atoms with van der Waals surface area (Å²) in [6.45, 7) is 12.4. The molecule has 1 aromatic heterocycles. The van der Waals surface area contributed by atoms with Gasteiger partial charge in [-0.3, -0.25) is 9.69 Å². The standard InChI is InChI=1S/C25H33NO2/c1-7-17(5)24-23(19-10-9-11-19)21(22-13-12-18(6)28-22)14-15-26(24)25(27)20(8-2)16(3)4/h8,12-16,19H,7,9-11H2,1-6H3/b20-8-,24-17-. The van der Waals surface area contributed by atoms with Gasteiger partial charge < -0.3 is 4.42 Å². The van der Waals surface area contributed by atoms with Crippen LogP contribution in [0.3, 0.4) is 0 Å². The summed E-state index contributed by atoms with van der Waals surface area (Å²) in [5.41, 5.74) is 5.62. The van der Waals surface area contributed by atoms with Crippen LogP contribution in [-0.4, -0.2) is 10.8 Å². The summed E-state index contributed by atoms with van der Waals surface area (Å²) in [6.07, 6.45) is 10.5. The van der Waals surface area contributed by atoms with Crippen LogP contribution in [0.2, 0.25) is 0 Å². The Balaban J connectivity index is 2.16. The van der Waals surface area contributed by atoms with Crippen LogP contribution < -0.4 is 0 Å². The molecule has 0 atom stereocenters. The fraction of sp³-hybridized carbons (Fsp3) is 0.480. The van der Waals surface area contributed by atoms with Crippen LogP contribution in [0.4, 0.5) is 0 Å². The van der Waals surface area contributed by atoms with Crippen molar-refractivity contribution in [3.05, 3.63) is 64.4 Å². The SMILES string of the molecule is C/C=C(\C(=O)N1C=CC(c2ccc(C)o2)=C(C2CCC2)/C1=C(\C)CC)C(C)C. The van der Waals surface area contributed by atoms with E-state index in [9.17, 15) is 4.79 Å². The van der Waals surface area contributed by atoms with E-state index in [0.717, 1.165) is 34.8 Å². The van der Waals surface area contributed by atoms with Crippen LogP contribution in [0.15, 0.2) is 57.3 Å². The van der Waals surface area contributed by atoms with E-state index in [0.29, 0.717) is 5.92 Å². The van der Waals surface area contributed by atoms with Gasteiger partial charge in [-0.15, -0.1) is 0 Å². The van der Waals surface area contributed by atoms with Crippen LogP contribution in [0.1, 0.15) is 71.8 Å². The van der Waals surface area contributed by atoms with Crippen molar-refractivity contribution >= 4 is 11.5 Å². The first-order valence-electron chi connectivity index (χ1n) is 10.6. The zero-order valence-electron chi connectivity index (χ0n) is 18.1. The Kier molecular flexibility index (Phi) is 6.12. The highest BCUT2D eigenvalue weighted by atomic mass is 16.3. The molecule has 0 saturated heterocycles. The van der Waals surface area contributed by atoms with Crippen molar-refractivity contribution in [2.75, 3.05) is 0 Å². The molecule has 0 spiro atoms. The maximum Gasteiger partial charge on any atom is 0.258 e. The smallest absolute Gasteiger partial charge is 0.258 e. The molecular weight excluding hydrogens is 346 g/mol. The molecule has 0 bridgehead atoms. The number of hydrogen-bond acceptors (Lipinski definition) is 2. The van der Waals surface area contributed by atoms with Crippen LogP contribution in [-0.2, 0) is 4.79 Å². The summed E-state index contributed by atoms with van der Waals surface area (Å²) in [5.74, 6) is 2.59. The fourth-order valence-electron chi connectivity index (χ4n) is 4.09. The van der Waals surface area contributed by atoms with Crippen LogP contribution in [0.5, 0.6) is 0 Å². The van der Waals surface area contributed by atoms with E-state index in [1.807, 2.05) is 37.1 Å². The molecule has 2 aliphatic rings. The van der Waals surface area contributed by atoms with Crippen molar-refractivity contribution < 1.29 is 9.21 Å². The molecular formula is C25H33NO2. The molecule has 2 heterocycles. The maximum absolute atomic E-state index is 13.4. The second kappa shape index (κ2) is 8.38. The molecule has 150 valence electrons. The lowest BCUT2D eigenvalue weighted by Crippen LogP contribution is -2.34. The highest BCUT2D eigenvalue weighted by molar-refractivity contribution is 5.98. The van der Waals surface area contributed by atoms with Crippen molar-refractivity contribution in [1.82, 2.24) is 4.90 Å². The Bertz CT molecular complexity index is 872. The first kappa shape index (κ1) is 20.4. The van der Waals surface area contributed by atoms with E-state index in [2.05, 4.69) is 39.8 Å². The van der Waals surface area contributed by atoms with Gasteiger partial charge in [0.05, 0.1) is 5.70 Å². The van der Waals surface area contributed by atoms with E-state index >= 15 is 0 Å². The molecule has 0 aromatic carbocycles. The number of carbonyl (C=O) groups is 1. The largest absolute Gasteiger partial charge is 0.461 e. The van der Waals surface area contributed by atoms with Gasteiger partial charge in [0, 0.05) is 17.3 Å². The number of hydrogen-bond donors (Lipinski definition) is 0. The molecule has 1 fully saturated rings. The first-order chi connectivity index (χ1) is 13.4. The summed E-state index contributed by atoms with van der Waals surface area (Å²) >= 11 is 0. The molecule has 1 saturated carbocycles. The number of carbonyl (C=O) groups excluding carboxylic acids is 1. The van der Waals surface area contributed by atoms with Gasteiger partial charge in [0.2, 0.25) is 0 Å². The lowest BCUT2D eigenvalue weighted by molar-refractivity contribution is -0.123. The molecule has 1 aliphatic heterocycles. The second-order valence-electron chi connectivity index (χ2n) is 8.24. The monoisotopic (exact) mass is 379 g/mol. The average Bonchev–Trinajstić information content (AvgIpc) is 3.05. The zero-order valence-corrected chi connectivity index (χ0v) is 18.1. The lowest BCUT2D eigenvalue weighted by atomic mass is 9.74. The summed E-state index contributed by atoms with van der Waals surface area (Å²) in [5, 5.41) is 0. The van der Waals surface area contributed by atoms with Gasteiger partial charge in [-0.1, -0.05) is 33.3 Å². The van der Waals surface area contributed by atoms with Gasteiger partial charge in [-0.2, -0.15) is 0 Å². The minimum Gasteiger partial charge on any atom is -0.461 e. The van der Waals surface area contributed by atoms with Crippen LogP contribution in [0, 0.1) is 18.8 Å². The van der Waals surface area contributed by atoms with Crippen LogP contribution >= 0.6 is 0 Å². The summed E-state index contributed by atoms with van der Waals surface area (Å²) in [7, 11) is 0. The highest BCUT2D eigenvalue weighted by Crippen LogP contribution is 2.46. The molecule has 3 heteroatoms. The van der Waals surface area contributed by atoms with E-state index in [4.69, 9.17) is 4.42 Å². The Morgan fingerprint density at radius 2 is 2.04 bits per heavy atom. The number of nitrogens with zero attached hydrogens (tertiary/aromatic N) is 1. The molecule has 1 aliphatic carbocycles. The number of aryl methyl sites for hydroxylation is 1. The Hall–Kier alpha value is -2.29. The Morgan fingerprint density at radius 3 is 2.50 bits per heavy atom. The quantitative estimate of drug-likeness (QED) is 0.528. The third-order valence-electron chi connectivity index (χ3n) is 6.03. The molecule has 3 rings (SSSR count). The van der Waals surface area contributed by atoms with E-state index in [1.165, 1.54) is 30.4 Å².